The molecule has 0 amide bonds. The number of aliphatic hydroxyl groups excluding tert-OH is 1. The lowest BCUT2D eigenvalue weighted by Gasteiger charge is -2.69. The van der Waals surface area contributed by atoms with Crippen LogP contribution in [0, 0.1) is 27.6 Å². The standard InChI is InChI=1S/C26H40O5/c1-8-30-22(29)26-13-9-12-23(5,18(26)4)16-19-24(6,14-11-21(28)31-17(2)3)20(27)10-15-25(19,26)7/h11,14,17,19-20,27H,4,8-10,12-13,15-16H2,1-3,5-7H3/b14-11+/t19?,20-,23+,24-,25-,26+/m0/s1. The average molecular weight is 433 g/mol. The van der Waals surface area contributed by atoms with Crippen LogP contribution in [0.5, 0.6) is 0 Å². The minimum absolute atomic E-state index is 0.00653. The molecule has 2 bridgehead atoms. The van der Waals surface area contributed by atoms with Crippen LogP contribution in [-0.4, -0.2) is 35.9 Å². The number of rotatable bonds is 5. The van der Waals surface area contributed by atoms with Gasteiger partial charge in [0.15, 0.2) is 0 Å². The monoisotopic (exact) mass is 432 g/mol. The van der Waals surface area contributed by atoms with Crippen LogP contribution in [0.25, 0.3) is 0 Å². The normalized spacial score (nSPS) is 42.4. The van der Waals surface area contributed by atoms with Crippen molar-refractivity contribution in [1.29, 1.82) is 0 Å². The second-order valence-corrected chi connectivity index (χ2v) is 10.9. The van der Waals surface area contributed by atoms with Gasteiger partial charge in [-0.05, 0) is 69.6 Å². The van der Waals surface area contributed by atoms with E-state index in [4.69, 9.17) is 9.47 Å². The number of fused-ring (bicyclic) bond motifs is 4. The lowest BCUT2D eigenvalue weighted by atomic mass is 9.34. The Morgan fingerprint density at radius 1 is 1.23 bits per heavy atom. The van der Waals surface area contributed by atoms with Gasteiger partial charge in [-0.1, -0.05) is 45.4 Å². The van der Waals surface area contributed by atoms with Gasteiger partial charge in [-0.2, -0.15) is 0 Å². The van der Waals surface area contributed by atoms with Crippen LogP contribution in [0.3, 0.4) is 0 Å². The second-order valence-electron chi connectivity index (χ2n) is 10.9. The number of hydrogen-bond acceptors (Lipinski definition) is 5. The molecule has 0 heterocycles. The largest absolute Gasteiger partial charge is 0.465 e. The number of carbonyl (C=O) groups is 2. The fourth-order valence-corrected chi connectivity index (χ4v) is 7.12. The van der Waals surface area contributed by atoms with Gasteiger partial charge in [0.2, 0.25) is 0 Å². The fourth-order valence-electron chi connectivity index (χ4n) is 7.12. The third-order valence-electron chi connectivity index (χ3n) is 8.88. The molecule has 174 valence electrons. The van der Waals surface area contributed by atoms with Crippen LogP contribution in [0.15, 0.2) is 24.3 Å². The summed E-state index contributed by atoms with van der Waals surface area (Å²) in [5, 5.41) is 11.2. The van der Waals surface area contributed by atoms with Gasteiger partial charge in [0.1, 0.15) is 0 Å². The highest BCUT2D eigenvalue weighted by Gasteiger charge is 2.71. The molecule has 0 aliphatic heterocycles. The van der Waals surface area contributed by atoms with Gasteiger partial charge in [-0.3, -0.25) is 4.79 Å². The minimum atomic E-state index is -0.757. The Balaban J connectivity index is 2.12. The van der Waals surface area contributed by atoms with Gasteiger partial charge in [0.05, 0.1) is 24.2 Å². The van der Waals surface area contributed by atoms with Crippen molar-refractivity contribution in [3.05, 3.63) is 24.3 Å². The lowest BCUT2D eigenvalue weighted by Crippen LogP contribution is -2.66. The molecule has 3 saturated carbocycles. The van der Waals surface area contributed by atoms with Gasteiger partial charge in [-0.25, -0.2) is 4.79 Å². The zero-order chi connectivity index (χ0) is 23.2. The molecule has 1 N–H and O–H groups in total. The molecule has 1 unspecified atom stereocenters. The van der Waals surface area contributed by atoms with Crippen LogP contribution in [0.2, 0.25) is 0 Å². The van der Waals surface area contributed by atoms with E-state index in [1.54, 1.807) is 0 Å². The first-order valence-electron chi connectivity index (χ1n) is 11.8. The Morgan fingerprint density at radius 3 is 2.52 bits per heavy atom. The topological polar surface area (TPSA) is 72.8 Å². The van der Waals surface area contributed by atoms with E-state index in [1.807, 2.05) is 33.8 Å². The molecule has 0 aromatic carbocycles. The summed E-state index contributed by atoms with van der Waals surface area (Å²) in [7, 11) is 0. The number of hydrogen-bond donors (Lipinski definition) is 1. The molecule has 0 aromatic rings. The summed E-state index contributed by atoms with van der Waals surface area (Å²) in [6, 6.07) is 0. The minimum Gasteiger partial charge on any atom is -0.465 e. The van der Waals surface area contributed by atoms with E-state index in [0.717, 1.165) is 37.7 Å². The summed E-state index contributed by atoms with van der Waals surface area (Å²) in [5.41, 5.74) is -1.01. The maximum atomic E-state index is 13.6. The zero-order valence-electron chi connectivity index (χ0n) is 20.1. The molecule has 0 saturated heterocycles. The molecule has 3 aliphatic carbocycles. The molecule has 5 heteroatoms. The molecule has 31 heavy (non-hydrogen) atoms. The first-order chi connectivity index (χ1) is 14.4. The molecule has 0 radical (unpaired) electrons. The van der Waals surface area contributed by atoms with Gasteiger partial charge in [0.25, 0.3) is 0 Å². The Labute approximate surface area is 187 Å². The summed E-state index contributed by atoms with van der Waals surface area (Å²) in [6.07, 6.45) is 7.32. The van der Waals surface area contributed by atoms with E-state index in [9.17, 15) is 14.7 Å². The van der Waals surface area contributed by atoms with E-state index in [1.165, 1.54) is 6.08 Å². The molecule has 5 nitrogen and oxygen atoms in total. The maximum absolute atomic E-state index is 13.6. The highest BCUT2D eigenvalue weighted by atomic mass is 16.5. The Kier molecular flexibility index (Phi) is 6.25. The van der Waals surface area contributed by atoms with Crippen molar-refractivity contribution in [2.24, 2.45) is 27.6 Å². The Hall–Kier alpha value is -1.62. The van der Waals surface area contributed by atoms with E-state index < -0.39 is 28.3 Å². The maximum Gasteiger partial charge on any atom is 0.330 e. The van der Waals surface area contributed by atoms with E-state index in [0.29, 0.717) is 13.0 Å². The molecule has 0 spiro atoms. The van der Waals surface area contributed by atoms with Crippen molar-refractivity contribution in [2.45, 2.75) is 92.3 Å². The van der Waals surface area contributed by atoms with Crippen LogP contribution in [0.4, 0.5) is 0 Å². The first-order valence-corrected chi connectivity index (χ1v) is 11.8. The summed E-state index contributed by atoms with van der Waals surface area (Å²) in [4.78, 5) is 25.9. The number of ether oxygens (including phenoxy) is 2. The van der Waals surface area contributed by atoms with Crippen molar-refractivity contribution in [1.82, 2.24) is 0 Å². The molecular formula is C26H40O5. The van der Waals surface area contributed by atoms with Gasteiger partial charge >= 0.3 is 11.9 Å². The van der Waals surface area contributed by atoms with Crippen molar-refractivity contribution >= 4 is 11.9 Å². The van der Waals surface area contributed by atoms with Crippen molar-refractivity contribution in [2.75, 3.05) is 6.61 Å². The average Bonchev–Trinajstić information content (AvgIpc) is 2.68. The molecule has 3 fully saturated rings. The summed E-state index contributed by atoms with van der Waals surface area (Å²) >= 11 is 0. The third kappa shape index (κ3) is 3.48. The van der Waals surface area contributed by atoms with Gasteiger partial charge in [0, 0.05) is 11.5 Å². The Morgan fingerprint density at radius 2 is 1.90 bits per heavy atom. The first kappa shape index (κ1) is 24.0. The van der Waals surface area contributed by atoms with Crippen LogP contribution >= 0.6 is 0 Å². The summed E-state index contributed by atoms with van der Waals surface area (Å²) in [6.45, 7) is 16.8. The quantitative estimate of drug-likeness (QED) is 0.377. The molecule has 3 rings (SSSR count). The van der Waals surface area contributed by atoms with E-state index >= 15 is 0 Å². The fraction of sp³-hybridized carbons (Fsp3) is 0.769. The predicted molar refractivity (Wildman–Crippen MR) is 120 cm³/mol. The summed E-state index contributed by atoms with van der Waals surface area (Å²) < 4.78 is 11.0. The number of esters is 2. The SMILES string of the molecule is C=C1[C@]2(C)CCC[C@@]1(C(=O)OCC)[C@@]1(C)CC[C@H](O)[C@@](C)(/C=C/C(=O)OC(C)C)C1C2. The van der Waals surface area contributed by atoms with Crippen molar-refractivity contribution in [3.8, 4) is 0 Å². The molecule has 0 aromatic heterocycles. The van der Waals surface area contributed by atoms with Crippen LogP contribution in [-0.2, 0) is 19.1 Å². The molecule has 6 atom stereocenters. The Bertz CT molecular complexity index is 785. The van der Waals surface area contributed by atoms with Crippen LogP contribution < -0.4 is 0 Å². The number of aliphatic hydroxyl groups is 1. The van der Waals surface area contributed by atoms with Gasteiger partial charge in [-0.15, -0.1) is 0 Å². The zero-order valence-corrected chi connectivity index (χ0v) is 20.1. The number of carbonyl (C=O) groups excluding carboxylic acids is 2. The summed E-state index contributed by atoms with van der Waals surface area (Å²) in [5.74, 6) is -0.561. The van der Waals surface area contributed by atoms with Crippen molar-refractivity contribution in [3.63, 3.8) is 0 Å². The highest BCUT2D eigenvalue weighted by molar-refractivity contribution is 5.84. The molecular weight excluding hydrogens is 392 g/mol. The van der Waals surface area contributed by atoms with E-state index in [2.05, 4.69) is 20.4 Å². The molecule has 3 aliphatic rings. The highest BCUT2D eigenvalue weighted by Crippen LogP contribution is 2.74. The lowest BCUT2D eigenvalue weighted by molar-refractivity contribution is -0.202. The third-order valence-corrected chi connectivity index (χ3v) is 8.88. The van der Waals surface area contributed by atoms with Gasteiger partial charge < -0.3 is 14.6 Å². The smallest absolute Gasteiger partial charge is 0.330 e. The van der Waals surface area contributed by atoms with Crippen molar-refractivity contribution < 1.29 is 24.2 Å². The van der Waals surface area contributed by atoms with E-state index in [-0.39, 0.29) is 23.4 Å². The predicted octanol–water partition coefficient (Wildman–Crippen LogP) is 4.98. The van der Waals surface area contributed by atoms with Crippen LogP contribution in [0.1, 0.15) is 80.1 Å². The second kappa shape index (κ2) is 8.06.